The fraction of sp³-hybridized carbons (Fsp3) is 0.538. The van der Waals surface area contributed by atoms with Gasteiger partial charge in [-0.3, -0.25) is 9.78 Å². The van der Waals surface area contributed by atoms with Crippen LogP contribution in [0.1, 0.15) is 50.0 Å². The van der Waals surface area contributed by atoms with Crippen LogP contribution in [0.15, 0.2) is 24.4 Å². The second kappa shape index (κ2) is 6.33. The second-order valence-corrected chi connectivity index (χ2v) is 3.83. The van der Waals surface area contributed by atoms with Gasteiger partial charge < -0.3 is 0 Å². The lowest BCUT2D eigenvalue weighted by Crippen LogP contribution is -2.15. The zero-order valence-corrected chi connectivity index (χ0v) is 9.57. The molecule has 0 fully saturated rings. The predicted molar refractivity (Wildman–Crippen MR) is 61.9 cm³/mol. The average molecular weight is 205 g/mol. The summed E-state index contributed by atoms with van der Waals surface area (Å²) in [6.45, 7) is 4.22. The maximum absolute atomic E-state index is 12.0. The van der Waals surface area contributed by atoms with Crippen LogP contribution in [0.4, 0.5) is 0 Å². The van der Waals surface area contributed by atoms with Crippen LogP contribution in [-0.4, -0.2) is 10.8 Å². The third kappa shape index (κ3) is 3.46. The van der Waals surface area contributed by atoms with Crippen LogP contribution in [-0.2, 0) is 0 Å². The van der Waals surface area contributed by atoms with Crippen molar-refractivity contribution in [3.8, 4) is 0 Å². The van der Waals surface area contributed by atoms with Crippen LogP contribution in [0.2, 0.25) is 0 Å². The highest BCUT2D eigenvalue weighted by atomic mass is 16.1. The number of pyridine rings is 1. The van der Waals surface area contributed by atoms with Gasteiger partial charge in [0.05, 0.1) is 0 Å². The molecule has 0 N–H and O–H groups in total. The SMILES string of the molecule is CCCC[C@H](CC)C(=O)c1ccccn1. The summed E-state index contributed by atoms with van der Waals surface area (Å²) < 4.78 is 0. The van der Waals surface area contributed by atoms with E-state index in [2.05, 4.69) is 18.8 Å². The van der Waals surface area contributed by atoms with Gasteiger partial charge in [-0.15, -0.1) is 0 Å². The van der Waals surface area contributed by atoms with Gasteiger partial charge in [0.2, 0.25) is 0 Å². The van der Waals surface area contributed by atoms with Gasteiger partial charge in [0, 0.05) is 12.1 Å². The summed E-state index contributed by atoms with van der Waals surface area (Å²) in [5.41, 5.74) is 0.612. The van der Waals surface area contributed by atoms with Crippen LogP contribution in [0.5, 0.6) is 0 Å². The molecule has 0 saturated carbocycles. The van der Waals surface area contributed by atoms with E-state index in [1.165, 1.54) is 0 Å². The van der Waals surface area contributed by atoms with Gasteiger partial charge in [-0.25, -0.2) is 0 Å². The first-order valence-electron chi connectivity index (χ1n) is 5.74. The fourth-order valence-corrected chi connectivity index (χ4v) is 1.69. The Morgan fingerprint density at radius 2 is 2.20 bits per heavy atom. The molecule has 0 aliphatic carbocycles. The predicted octanol–water partition coefficient (Wildman–Crippen LogP) is 3.48. The molecule has 0 amide bonds. The van der Waals surface area contributed by atoms with Crippen molar-refractivity contribution >= 4 is 5.78 Å². The summed E-state index contributed by atoms with van der Waals surface area (Å²) in [7, 11) is 0. The largest absolute Gasteiger partial charge is 0.292 e. The number of rotatable bonds is 6. The summed E-state index contributed by atoms with van der Waals surface area (Å²) in [6.07, 6.45) is 5.85. The Hall–Kier alpha value is -1.18. The molecule has 1 aromatic rings. The Morgan fingerprint density at radius 3 is 2.73 bits per heavy atom. The Balaban J connectivity index is 2.65. The molecular formula is C13H19NO. The van der Waals surface area contributed by atoms with Gasteiger partial charge >= 0.3 is 0 Å². The van der Waals surface area contributed by atoms with E-state index in [1.54, 1.807) is 12.3 Å². The van der Waals surface area contributed by atoms with E-state index in [-0.39, 0.29) is 11.7 Å². The van der Waals surface area contributed by atoms with E-state index >= 15 is 0 Å². The molecule has 15 heavy (non-hydrogen) atoms. The fourth-order valence-electron chi connectivity index (χ4n) is 1.69. The maximum atomic E-state index is 12.0. The minimum absolute atomic E-state index is 0.153. The first-order valence-corrected chi connectivity index (χ1v) is 5.74. The lowest BCUT2D eigenvalue weighted by molar-refractivity contribution is 0.0903. The maximum Gasteiger partial charge on any atom is 0.184 e. The average Bonchev–Trinajstić information content (AvgIpc) is 2.31. The second-order valence-electron chi connectivity index (χ2n) is 3.83. The number of nitrogens with zero attached hydrogens (tertiary/aromatic N) is 1. The van der Waals surface area contributed by atoms with Gasteiger partial charge in [0.1, 0.15) is 5.69 Å². The molecule has 1 aromatic heterocycles. The van der Waals surface area contributed by atoms with Gasteiger partial charge in [0.15, 0.2) is 5.78 Å². The number of unbranched alkanes of at least 4 members (excludes halogenated alkanes) is 1. The molecule has 0 unspecified atom stereocenters. The summed E-state index contributed by atoms with van der Waals surface area (Å²) >= 11 is 0. The molecular weight excluding hydrogens is 186 g/mol. The van der Waals surface area contributed by atoms with Crippen molar-refractivity contribution in [3.05, 3.63) is 30.1 Å². The molecule has 0 saturated heterocycles. The first-order chi connectivity index (χ1) is 7.29. The highest BCUT2D eigenvalue weighted by molar-refractivity contribution is 5.95. The summed E-state index contributed by atoms with van der Waals surface area (Å²) in [5.74, 6) is 0.353. The zero-order chi connectivity index (χ0) is 11.1. The smallest absolute Gasteiger partial charge is 0.184 e. The first kappa shape index (κ1) is 11.9. The Kier molecular flexibility index (Phi) is 5.02. The van der Waals surface area contributed by atoms with Crippen LogP contribution < -0.4 is 0 Å². The topological polar surface area (TPSA) is 30.0 Å². The van der Waals surface area contributed by atoms with Gasteiger partial charge in [-0.1, -0.05) is 32.8 Å². The molecule has 0 aliphatic heterocycles. The third-order valence-electron chi connectivity index (χ3n) is 2.69. The molecule has 0 radical (unpaired) electrons. The number of carbonyl (C=O) groups is 1. The van der Waals surface area contributed by atoms with Crippen LogP contribution in [0.25, 0.3) is 0 Å². The monoisotopic (exact) mass is 205 g/mol. The van der Waals surface area contributed by atoms with E-state index in [0.717, 1.165) is 25.7 Å². The number of aromatic nitrogens is 1. The summed E-state index contributed by atoms with van der Waals surface area (Å²) in [5, 5.41) is 0. The molecule has 1 heterocycles. The minimum atomic E-state index is 0.153. The highest BCUT2D eigenvalue weighted by Gasteiger charge is 2.18. The number of Topliss-reactive ketones (excluding diaryl/α,β-unsaturated/α-hetero) is 1. The number of hydrogen-bond donors (Lipinski definition) is 0. The van der Waals surface area contributed by atoms with E-state index in [4.69, 9.17) is 0 Å². The molecule has 0 spiro atoms. The molecule has 0 aliphatic rings. The van der Waals surface area contributed by atoms with Crippen molar-refractivity contribution in [1.29, 1.82) is 0 Å². The number of ketones is 1. The summed E-state index contributed by atoms with van der Waals surface area (Å²) in [4.78, 5) is 16.1. The number of hydrogen-bond acceptors (Lipinski definition) is 2. The molecule has 82 valence electrons. The van der Waals surface area contributed by atoms with Crippen LogP contribution in [0, 0.1) is 5.92 Å². The summed E-state index contributed by atoms with van der Waals surface area (Å²) in [6, 6.07) is 5.51. The van der Waals surface area contributed by atoms with Crippen molar-refractivity contribution in [2.24, 2.45) is 5.92 Å². The van der Waals surface area contributed by atoms with E-state index in [0.29, 0.717) is 5.69 Å². The van der Waals surface area contributed by atoms with Gasteiger partial charge in [0.25, 0.3) is 0 Å². The van der Waals surface area contributed by atoms with Crippen molar-refractivity contribution in [2.45, 2.75) is 39.5 Å². The highest BCUT2D eigenvalue weighted by Crippen LogP contribution is 2.17. The van der Waals surface area contributed by atoms with E-state index in [9.17, 15) is 4.79 Å². The van der Waals surface area contributed by atoms with E-state index < -0.39 is 0 Å². The van der Waals surface area contributed by atoms with Gasteiger partial charge in [-0.05, 0) is 25.0 Å². The molecule has 2 heteroatoms. The normalized spacial score (nSPS) is 12.4. The Morgan fingerprint density at radius 1 is 1.40 bits per heavy atom. The third-order valence-corrected chi connectivity index (χ3v) is 2.69. The van der Waals surface area contributed by atoms with Gasteiger partial charge in [-0.2, -0.15) is 0 Å². The standard InChI is InChI=1S/C13H19NO/c1-3-5-8-11(4-2)13(15)12-9-6-7-10-14-12/h6-7,9-11H,3-5,8H2,1-2H3/t11-/m0/s1. The lowest BCUT2D eigenvalue weighted by atomic mass is 9.93. The van der Waals surface area contributed by atoms with Crippen molar-refractivity contribution in [2.75, 3.05) is 0 Å². The van der Waals surface area contributed by atoms with Crippen LogP contribution in [0.3, 0.4) is 0 Å². The molecule has 0 aromatic carbocycles. The molecule has 1 atom stereocenters. The molecule has 1 rings (SSSR count). The molecule has 2 nitrogen and oxygen atoms in total. The Bertz CT molecular complexity index is 295. The Labute approximate surface area is 91.7 Å². The quantitative estimate of drug-likeness (QED) is 0.665. The van der Waals surface area contributed by atoms with Crippen molar-refractivity contribution < 1.29 is 4.79 Å². The molecule has 0 bridgehead atoms. The van der Waals surface area contributed by atoms with E-state index in [1.807, 2.05) is 12.1 Å². The lowest BCUT2D eigenvalue weighted by Gasteiger charge is -2.12. The zero-order valence-electron chi connectivity index (χ0n) is 9.57. The minimum Gasteiger partial charge on any atom is -0.292 e. The van der Waals surface area contributed by atoms with Crippen LogP contribution >= 0.6 is 0 Å². The van der Waals surface area contributed by atoms with Crippen molar-refractivity contribution in [1.82, 2.24) is 4.98 Å². The number of carbonyl (C=O) groups excluding carboxylic acids is 1. The van der Waals surface area contributed by atoms with Crippen molar-refractivity contribution in [3.63, 3.8) is 0 Å².